The molecule has 0 saturated heterocycles. The Morgan fingerprint density at radius 1 is 1.41 bits per heavy atom. The lowest BCUT2D eigenvalue weighted by Gasteiger charge is -2.01. The van der Waals surface area contributed by atoms with Crippen molar-refractivity contribution >= 4 is 5.78 Å². The molecule has 0 spiro atoms. The molecule has 0 N–H and O–H groups in total. The minimum Gasteiger partial charge on any atom is -0.458 e. The largest absolute Gasteiger partial charge is 0.458 e. The molecule has 17 heavy (non-hydrogen) atoms. The maximum absolute atomic E-state index is 12.1. The molecule has 0 aliphatic carbocycles. The van der Waals surface area contributed by atoms with E-state index in [0.717, 1.165) is 18.6 Å². The van der Waals surface area contributed by atoms with E-state index in [0.29, 0.717) is 18.0 Å². The van der Waals surface area contributed by atoms with Gasteiger partial charge in [0.2, 0.25) is 5.78 Å². The lowest BCUT2D eigenvalue weighted by atomic mass is 10.2. The van der Waals surface area contributed by atoms with Gasteiger partial charge >= 0.3 is 0 Å². The van der Waals surface area contributed by atoms with Crippen molar-refractivity contribution < 1.29 is 9.21 Å². The molecule has 0 amide bonds. The van der Waals surface area contributed by atoms with E-state index in [-0.39, 0.29) is 5.78 Å². The Balaban J connectivity index is 2.27. The van der Waals surface area contributed by atoms with Crippen molar-refractivity contribution in [2.45, 2.75) is 33.2 Å². The molecular formula is C12H15N3O2. The Hall–Kier alpha value is -1.91. The fourth-order valence-electron chi connectivity index (χ4n) is 1.63. The second kappa shape index (κ2) is 4.95. The number of aryl methyl sites for hydroxylation is 2. The number of nitrogens with zero attached hydrogens (tertiary/aromatic N) is 3. The van der Waals surface area contributed by atoms with Gasteiger partial charge in [-0.15, -0.1) is 5.10 Å². The van der Waals surface area contributed by atoms with E-state index in [2.05, 4.69) is 10.3 Å². The van der Waals surface area contributed by atoms with E-state index in [1.165, 1.54) is 6.20 Å². The zero-order valence-electron chi connectivity index (χ0n) is 10.0. The summed E-state index contributed by atoms with van der Waals surface area (Å²) in [6, 6.07) is 3.52. The molecule has 2 heterocycles. The molecule has 0 aliphatic heterocycles. The Bertz CT molecular complexity index is 513. The second-order valence-electron chi connectivity index (χ2n) is 3.79. The molecule has 0 atom stereocenters. The summed E-state index contributed by atoms with van der Waals surface area (Å²) in [7, 11) is 0. The van der Waals surface area contributed by atoms with Gasteiger partial charge in [0.1, 0.15) is 11.5 Å². The number of carbonyl (C=O) groups is 1. The molecular weight excluding hydrogens is 218 g/mol. The van der Waals surface area contributed by atoms with Crippen LogP contribution in [0, 0.1) is 0 Å². The van der Waals surface area contributed by atoms with Crippen LogP contribution in [0.4, 0.5) is 0 Å². The summed E-state index contributed by atoms with van der Waals surface area (Å²) in [5, 5.41) is 7.65. The third kappa shape index (κ3) is 2.27. The second-order valence-corrected chi connectivity index (χ2v) is 3.79. The van der Waals surface area contributed by atoms with Crippen molar-refractivity contribution in [1.29, 1.82) is 0 Å². The van der Waals surface area contributed by atoms with Crippen LogP contribution in [0.15, 0.2) is 22.7 Å². The van der Waals surface area contributed by atoms with Crippen LogP contribution in [0.2, 0.25) is 0 Å². The Morgan fingerprint density at radius 3 is 2.88 bits per heavy atom. The van der Waals surface area contributed by atoms with Gasteiger partial charge in [0.15, 0.2) is 5.76 Å². The number of aromatic nitrogens is 3. The molecule has 5 nitrogen and oxygen atoms in total. The van der Waals surface area contributed by atoms with Crippen LogP contribution >= 0.6 is 0 Å². The zero-order valence-corrected chi connectivity index (χ0v) is 10.0. The van der Waals surface area contributed by atoms with Gasteiger partial charge in [0.05, 0.1) is 6.20 Å². The Labute approximate surface area is 99.4 Å². The van der Waals surface area contributed by atoms with Gasteiger partial charge < -0.3 is 4.42 Å². The summed E-state index contributed by atoms with van der Waals surface area (Å²) in [6.45, 7) is 4.69. The first kappa shape index (κ1) is 11.6. The lowest BCUT2D eigenvalue weighted by Crippen LogP contribution is -2.10. The number of hydrogen-bond donors (Lipinski definition) is 0. The first-order chi connectivity index (χ1) is 8.26. The van der Waals surface area contributed by atoms with Crippen molar-refractivity contribution in [3.05, 3.63) is 35.5 Å². The van der Waals surface area contributed by atoms with Crippen LogP contribution in [0.5, 0.6) is 0 Å². The maximum atomic E-state index is 12.1. The van der Waals surface area contributed by atoms with Crippen molar-refractivity contribution in [3.63, 3.8) is 0 Å². The molecule has 5 heteroatoms. The van der Waals surface area contributed by atoms with Gasteiger partial charge in [-0.3, -0.25) is 4.79 Å². The van der Waals surface area contributed by atoms with E-state index in [1.807, 2.05) is 19.9 Å². The minimum atomic E-state index is -0.164. The summed E-state index contributed by atoms with van der Waals surface area (Å²) < 4.78 is 7.04. The van der Waals surface area contributed by atoms with Gasteiger partial charge in [-0.25, -0.2) is 4.68 Å². The van der Waals surface area contributed by atoms with Gasteiger partial charge in [-0.05, 0) is 18.6 Å². The maximum Gasteiger partial charge on any atom is 0.247 e. The minimum absolute atomic E-state index is 0.164. The smallest absolute Gasteiger partial charge is 0.247 e. The predicted octanol–water partition coefficient (Wildman–Crippen LogP) is 2.07. The van der Waals surface area contributed by atoms with Crippen LogP contribution < -0.4 is 0 Å². The molecule has 0 radical (unpaired) electrons. The monoisotopic (exact) mass is 233 g/mol. The SMILES string of the molecule is CCCn1nncc1C(=O)c1ccc(CC)o1. The van der Waals surface area contributed by atoms with E-state index in [4.69, 9.17) is 4.42 Å². The summed E-state index contributed by atoms with van der Waals surface area (Å²) in [5.41, 5.74) is 0.476. The van der Waals surface area contributed by atoms with Crippen LogP contribution in [-0.2, 0) is 13.0 Å². The van der Waals surface area contributed by atoms with Gasteiger partial charge in [0.25, 0.3) is 0 Å². The summed E-state index contributed by atoms with van der Waals surface area (Å²) in [5.74, 6) is 0.993. The fraction of sp³-hybridized carbons (Fsp3) is 0.417. The third-order valence-electron chi connectivity index (χ3n) is 2.52. The van der Waals surface area contributed by atoms with E-state index in [9.17, 15) is 4.79 Å². The van der Waals surface area contributed by atoms with Gasteiger partial charge in [-0.2, -0.15) is 0 Å². The highest BCUT2D eigenvalue weighted by Gasteiger charge is 2.18. The molecule has 0 aliphatic rings. The van der Waals surface area contributed by atoms with Crippen molar-refractivity contribution in [1.82, 2.24) is 15.0 Å². The van der Waals surface area contributed by atoms with Crippen molar-refractivity contribution in [2.75, 3.05) is 0 Å². The zero-order chi connectivity index (χ0) is 12.3. The third-order valence-corrected chi connectivity index (χ3v) is 2.52. The van der Waals surface area contributed by atoms with Crippen LogP contribution in [0.1, 0.15) is 42.3 Å². The summed E-state index contributed by atoms with van der Waals surface area (Å²) in [4.78, 5) is 12.1. The summed E-state index contributed by atoms with van der Waals surface area (Å²) in [6.07, 6.45) is 3.16. The van der Waals surface area contributed by atoms with Gasteiger partial charge in [-0.1, -0.05) is 19.1 Å². The Kier molecular flexibility index (Phi) is 3.37. The molecule has 2 aromatic heterocycles. The first-order valence-electron chi connectivity index (χ1n) is 5.78. The predicted molar refractivity (Wildman–Crippen MR) is 61.8 cm³/mol. The molecule has 0 aromatic carbocycles. The molecule has 2 aromatic rings. The molecule has 0 saturated carbocycles. The normalized spacial score (nSPS) is 10.7. The highest BCUT2D eigenvalue weighted by molar-refractivity contribution is 6.05. The standard InChI is InChI=1S/C12H15N3O2/c1-3-7-15-10(8-13-14-15)12(16)11-6-5-9(4-2)17-11/h5-6,8H,3-4,7H2,1-2H3. The molecule has 0 fully saturated rings. The van der Waals surface area contributed by atoms with E-state index >= 15 is 0 Å². The van der Waals surface area contributed by atoms with Crippen molar-refractivity contribution in [2.24, 2.45) is 0 Å². The topological polar surface area (TPSA) is 60.9 Å². The quantitative estimate of drug-likeness (QED) is 0.742. The van der Waals surface area contributed by atoms with E-state index < -0.39 is 0 Å². The number of hydrogen-bond acceptors (Lipinski definition) is 4. The van der Waals surface area contributed by atoms with Crippen LogP contribution in [-0.4, -0.2) is 20.8 Å². The molecule has 90 valence electrons. The first-order valence-corrected chi connectivity index (χ1v) is 5.78. The number of ketones is 1. The number of carbonyl (C=O) groups excluding carboxylic acids is 1. The average Bonchev–Trinajstić information content (AvgIpc) is 2.97. The van der Waals surface area contributed by atoms with E-state index in [1.54, 1.807) is 10.7 Å². The van der Waals surface area contributed by atoms with Crippen molar-refractivity contribution in [3.8, 4) is 0 Å². The molecule has 2 rings (SSSR count). The number of rotatable bonds is 5. The lowest BCUT2D eigenvalue weighted by molar-refractivity contribution is 0.0997. The Morgan fingerprint density at radius 2 is 2.24 bits per heavy atom. The average molecular weight is 233 g/mol. The highest BCUT2D eigenvalue weighted by Crippen LogP contribution is 2.13. The summed E-state index contributed by atoms with van der Waals surface area (Å²) >= 11 is 0. The molecule has 0 unspecified atom stereocenters. The van der Waals surface area contributed by atoms with Gasteiger partial charge in [0, 0.05) is 13.0 Å². The van der Waals surface area contributed by atoms with Crippen LogP contribution in [0.3, 0.4) is 0 Å². The highest BCUT2D eigenvalue weighted by atomic mass is 16.3. The fourth-order valence-corrected chi connectivity index (χ4v) is 1.63. The number of furan rings is 1. The van der Waals surface area contributed by atoms with Crippen LogP contribution in [0.25, 0.3) is 0 Å². The molecule has 0 bridgehead atoms.